The van der Waals surface area contributed by atoms with Crippen molar-refractivity contribution in [2.45, 2.75) is 13.8 Å². The van der Waals surface area contributed by atoms with Crippen molar-refractivity contribution < 1.29 is 19.1 Å². The van der Waals surface area contributed by atoms with Crippen molar-refractivity contribution >= 4 is 23.3 Å². The Bertz CT molecular complexity index is 1050. The predicted octanol–water partition coefficient (Wildman–Crippen LogP) is 3.07. The number of aryl methyl sites for hydroxylation is 2. The Morgan fingerprint density at radius 1 is 0.966 bits per heavy atom. The molecule has 0 fully saturated rings. The lowest BCUT2D eigenvalue weighted by Crippen LogP contribution is -2.25. The van der Waals surface area contributed by atoms with Crippen LogP contribution in [0.1, 0.15) is 21.7 Å². The Labute approximate surface area is 168 Å². The number of carbonyl (C=O) groups excluding carboxylic acids is 3. The van der Waals surface area contributed by atoms with E-state index < -0.39 is 24.3 Å². The molecule has 0 aliphatic carbocycles. The molecule has 7 nitrogen and oxygen atoms in total. The molecule has 0 bridgehead atoms. The summed E-state index contributed by atoms with van der Waals surface area (Å²) in [7, 11) is 1.68. The monoisotopic (exact) mass is 391 g/mol. The van der Waals surface area contributed by atoms with Crippen molar-refractivity contribution in [3.63, 3.8) is 0 Å². The van der Waals surface area contributed by atoms with Crippen molar-refractivity contribution in [1.29, 1.82) is 0 Å². The van der Waals surface area contributed by atoms with E-state index in [1.54, 1.807) is 33.0 Å². The lowest BCUT2D eigenvalue weighted by atomic mass is 10.1. The number of ketones is 1. The van der Waals surface area contributed by atoms with Gasteiger partial charge in [0.25, 0.3) is 11.7 Å². The fourth-order valence-electron chi connectivity index (χ4n) is 2.97. The van der Waals surface area contributed by atoms with Gasteiger partial charge >= 0.3 is 5.97 Å². The van der Waals surface area contributed by atoms with E-state index in [0.717, 1.165) is 11.1 Å². The number of nitrogens with one attached hydrogen (secondary N) is 1. The molecule has 1 N–H and O–H groups in total. The molecule has 3 rings (SSSR count). The Hall–Kier alpha value is -3.74. The lowest BCUT2D eigenvalue weighted by Gasteiger charge is -2.08. The molecule has 0 saturated carbocycles. The second kappa shape index (κ2) is 8.52. The van der Waals surface area contributed by atoms with E-state index in [4.69, 9.17) is 4.74 Å². The summed E-state index contributed by atoms with van der Waals surface area (Å²) in [6.45, 7) is 2.77. The SMILES string of the molecule is Cc1nn(C)c(C)c1C(=O)C(=O)OCC(=O)Nc1ccc(-c2ccccc2)cc1. The number of hydrogen-bond acceptors (Lipinski definition) is 5. The summed E-state index contributed by atoms with van der Waals surface area (Å²) in [6, 6.07) is 17.1. The van der Waals surface area contributed by atoms with Crippen molar-refractivity contribution in [1.82, 2.24) is 9.78 Å². The Kier molecular flexibility index (Phi) is 5.87. The highest BCUT2D eigenvalue weighted by Gasteiger charge is 2.25. The van der Waals surface area contributed by atoms with Gasteiger partial charge in [0.1, 0.15) is 0 Å². The van der Waals surface area contributed by atoms with Crippen LogP contribution in [0.4, 0.5) is 5.69 Å². The first-order chi connectivity index (χ1) is 13.9. The standard InChI is InChI=1S/C22H21N3O4/c1-14-20(15(2)25(3)24-14)21(27)22(28)29-13-19(26)23-18-11-9-17(10-12-18)16-7-5-4-6-8-16/h4-12H,13H2,1-3H3,(H,23,26). The second-order valence-electron chi connectivity index (χ2n) is 6.57. The highest BCUT2D eigenvalue weighted by molar-refractivity contribution is 6.41. The Morgan fingerprint density at radius 3 is 2.17 bits per heavy atom. The third kappa shape index (κ3) is 4.57. The van der Waals surface area contributed by atoms with Gasteiger partial charge in [-0.25, -0.2) is 4.79 Å². The molecule has 0 saturated heterocycles. The van der Waals surface area contributed by atoms with Gasteiger partial charge in [-0.2, -0.15) is 5.10 Å². The first-order valence-corrected chi connectivity index (χ1v) is 9.04. The number of anilines is 1. The van der Waals surface area contributed by atoms with E-state index in [1.165, 1.54) is 4.68 Å². The molecule has 0 atom stereocenters. The summed E-state index contributed by atoms with van der Waals surface area (Å²) in [5, 5.41) is 6.74. The van der Waals surface area contributed by atoms with Gasteiger partial charge in [-0.15, -0.1) is 0 Å². The molecule has 0 radical (unpaired) electrons. The fourth-order valence-corrected chi connectivity index (χ4v) is 2.97. The maximum Gasteiger partial charge on any atom is 0.380 e. The number of amides is 1. The molecule has 1 aromatic heterocycles. The van der Waals surface area contributed by atoms with E-state index in [1.807, 2.05) is 42.5 Å². The Morgan fingerprint density at radius 2 is 1.59 bits per heavy atom. The number of aromatic nitrogens is 2. The zero-order valence-electron chi connectivity index (χ0n) is 16.4. The van der Waals surface area contributed by atoms with Crippen LogP contribution >= 0.6 is 0 Å². The molecule has 0 unspecified atom stereocenters. The van der Waals surface area contributed by atoms with Crippen LogP contribution in [-0.2, 0) is 21.4 Å². The molecule has 3 aromatic rings. The maximum atomic E-state index is 12.3. The first kappa shape index (κ1) is 20.0. The number of esters is 1. The van der Waals surface area contributed by atoms with Crippen LogP contribution < -0.4 is 5.32 Å². The molecule has 1 amide bonds. The Balaban J connectivity index is 1.55. The highest BCUT2D eigenvalue weighted by Crippen LogP contribution is 2.21. The molecule has 0 aliphatic heterocycles. The predicted molar refractivity (Wildman–Crippen MR) is 108 cm³/mol. The van der Waals surface area contributed by atoms with Crippen LogP contribution in [0.2, 0.25) is 0 Å². The van der Waals surface area contributed by atoms with Gasteiger partial charge < -0.3 is 10.1 Å². The molecule has 0 spiro atoms. The zero-order chi connectivity index (χ0) is 21.0. The summed E-state index contributed by atoms with van der Waals surface area (Å²) in [5.41, 5.74) is 3.86. The van der Waals surface area contributed by atoms with Crippen molar-refractivity contribution in [2.24, 2.45) is 7.05 Å². The first-order valence-electron chi connectivity index (χ1n) is 9.04. The number of nitrogens with zero attached hydrogens (tertiary/aromatic N) is 2. The van der Waals surface area contributed by atoms with Crippen molar-refractivity contribution in [3.8, 4) is 11.1 Å². The summed E-state index contributed by atoms with van der Waals surface area (Å²) < 4.78 is 6.38. The summed E-state index contributed by atoms with van der Waals surface area (Å²) in [6.07, 6.45) is 0. The molecule has 1 heterocycles. The number of carbonyl (C=O) groups is 3. The third-order valence-corrected chi connectivity index (χ3v) is 4.53. The van der Waals surface area contributed by atoms with Crippen LogP contribution in [0.15, 0.2) is 54.6 Å². The third-order valence-electron chi connectivity index (χ3n) is 4.53. The van der Waals surface area contributed by atoms with Crippen LogP contribution in [0.5, 0.6) is 0 Å². The minimum atomic E-state index is -1.08. The van der Waals surface area contributed by atoms with E-state index in [2.05, 4.69) is 10.4 Å². The van der Waals surface area contributed by atoms with Gasteiger partial charge in [-0.1, -0.05) is 42.5 Å². The summed E-state index contributed by atoms with van der Waals surface area (Å²) in [5.74, 6) is -2.43. The number of rotatable bonds is 6. The van der Waals surface area contributed by atoms with Gasteiger partial charge in [0.05, 0.1) is 11.3 Å². The van der Waals surface area contributed by atoms with E-state index in [-0.39, 0.29) is 5.56 Å². The quantitative estimate of drug-likeness (QED) is 0.396. The second-order valence-corrected chi connectivity index (χ2v) is 6.57. The molecular formula is C22H21N3O4. The van der Waals surface area contributed by atoms with Crippen LogP contribution in [0.3, 0.4) is 0 Å². The number of hydrogen-bond donors (Lipinski definition) is 1. The minimum absolute atomic E-state index is 0.203. The smallest absolute Gasteiger partial charge is 0.380 e. The summed E-state index contributed by atoms with van der Waals surface area (Å²) >= 11 is 0. The van der Waals surface area contributed by atoms with E-state index in [0.29, 0.717) is 17.1 Å². The average Bonchev–Trinajstić information content (AvgIpc) is 2.98. The molecule has 2 aromatic carbocycles. The number of benzene rings is 2. The maximum absolute atomic E-state index is 12.3. The van der Waals surface area contributed by atoms with Crippen LogP contribution in [-0.4, -0.2) is 34.0 Å². The van der Waals surface area contributed by atoms with Gasteiger partial charge in [0.2, 0.25) is 0 Å². The number of ether oxygens (including phenoxy) is 1. The topological polar surface area (TPSA) is 90.3 Å². The van der Waals surface area contributed by atoms with Crippen LogP contribution in [0, 0.1) is 13.8 Å². The molecule has 0 aliphatic rings. The minimum Gasteiger partial charge on any atom is -0.450 e. The lowest BCUT2D eigenvalue weighted by molar-refractivity contribution is -0.142. The normalized spacial score (nSPS) is 10.4. The average molecular weight is 391 g/mol. The van der Waals surface area contributed by atoms with Gasteiger partial charge in [0.15, 0.2) is 6.61 Å². The van der Waals surface area contributed by atoms with Crippen molar-refractivity contribution in [2.75, 3.05) is 11.9 Å². The molecular weight excluding hydrogens is 370 g/mol. The van der Waals surface area contributed by atoms with E-state index >= 15 is 0 Å². The largest absolute Gasteiger partial charge is 0.450 e. The van der Waals surface area contributed by atoms with Crippen LogP contribution in [0.25, 0.3) is 11.1 Å². The zero-order valence-corrected chi connectivity index (χ0v) is 16.4. The molecule has 148 valence electrons. The number of Topliss-reactive ketones (excluding diaryl/α,β-unsaturated/α-hetero) is 1. The van der Waals surface area contributed by atoms with Gasteiger partial charge in [-0.3, -0.25) is 14.3 Å². The molecule has 7 heteroatoms. The van der Waals surface area contributed by atoms with Crippen molar-refractivity contribution in [3.05, 3.63) is 71.5 Å². The highest BCUT2D eigenvalue weighted by atomic mass is 16.5. The van der Waals surface area contributed by atoms with Gasteiger partial charge in [0, 0.05) is 18.4 Å². The van der Waals surface area contributed by atoms with Gasteiger partial charge in [-0.05, 0) is 37.1 Å². The fraction of sp³-hybridized carbons (Fsp3) is 0.182. The summed E-state index contributed by atoms with van der Waals surface area (Å²) in [4.78, 5) is 36.4. The van der Waals surface area contributed by atoms with E-state index in [9.17, 15) is 14.4 Å². The molecule has 29 heavy (non-hydrogen) atoms.